The van der Waals surface area contributed by atoms with E-state index in [1.165, 1.54) is 0 Å². The number of nitro groups is 6. The summed E-state index contributed by atoms with van der Waals surface area (Å²) >= 11 is 0. The summed E-state index contributed by atoms with van der Waals surface area (Å²) in [5, 5.41) is 122. The molecule has 42 nitrogen and oxygen atoms in total. The van der Waals surface area contributed by atoms with Gasteiger partial charge in [-0.1, -0.05) is 0 Å². The zero-order valence-corrected chi connectivity index (χ0v) is 51.0. The molecule has 0 fully saturated rings. The van der Waals surface area contributed by atoms with Crippen molar-refractivity contribution in [3.05, 3.63) is 240 Å². The molecule has 528 valence electrons. The fourth-order valence-corrected chi connectivity index (χ4v) is 6.33. The molecule has 6 rings (SSSR count). The van der Waals surface area contributed by atoms with Crippen LogP contribution in [0.4, 0.5) is 34.1 Å². The number of aromatic carboxylic acids is 6. The van der Waals surface area contributed by atoms with Gasteiger partial charge in [-0.3, -0.25) is 70.5 Å². The van der Waals surface area contributed by atoms with Gasteiger partial charge in [0.25, 0.3) is 34.1 Å². The summed E-state index contributed by atoms with van der Waals surface area (Å²) < 4.78 is 0. The smallest absolute Gasteiger partial charge is 0.269 e. The highest BCUT2D eigenvalue weighted by Gasteiger charge is 2.09. The van der Waals surface area contributed by atoms with Crippen LogP contribution in [0.25, 0.3) is 0 Å². The number of nitro benzene ring substituents is 6. The zero-order valence-electron chi connectivity index (χ0n) is 51.0. The topological polar surface area (TPSA) is 798 Å². The standard InChI is InChI=1S/6C7H5NO4.2C6H18N4.4H2O/c6*9-7(10)5-1-3-6(4-2-5)8(11)12;2*7-1-4-10(5-2-8)6-3-9;;;;/h6*1-4H,(H,9,10);2*1-9H2;4*1H2. The number of hydrogen-bond donors (Lipinski definition) is 6. The van der Waals surface area contributed by atoms with E-state index in [-0.39, 0.29) is 89.4 Å². The summed E-state index contributed by atoms with van der Waals surface area (Å²) in [6, 6.07) is 27.0. The van der Waals surface area contributed by atoms with Crippen LogP contribution in [0.3, 0.4) is 0 Å². The molecule has 0 spiro atoms. The van der Waals surface area contributed by atoms with Crippen LogP contribution in [0.2, 0.25) is 0 Å². The summed E-state index contributed by atoms with van der Waals surface area (Å²) in [6.07, 6.45) is 0. The Labute approximate surface area is 541 Å². The second-order valence-corrected chi connectivity index (χ2v) is 17.4. The number of carbonyl (C=O) groups is 6. The Balaban J connectivity index is -0.000000240. The molecule has 0 amide bonds. The number of nitrogens with zero attached hydrogens (tertiary/aromatic N) is 8. The number of quaternary nitrogens is 6. The lowest BCUT2D eigenvalue weighted by Gasteiger charge is -2.15. The van der Waals surface area contributed by atoms with E-state index in [1.807, 2.05) is 0 Å². The molecule has 6 aromatic rings. The molecule has 0 saturated heterocycles. The Bertz CT molecular complexity index is 2550. The van der Waals surface area contributed by atoms with E-state index in [2.05, 4.69) is 44.2 Å². The van der Waals surface area contributed by atoms with E-state index in [9.17, 15) is 120 Å². The minimum absolute atomic E-state index is 0. The highest BCUT2D eigenvalue weighted by molar-refractivity contribution is 5.88. The maximum absolute atomic E-state index is 10.2. The molecule has 26 N–H and O–H groups in total. The van der Waals surface area contributed by atoms with Gasteiger partial charge in [0.05, 0.1) is 105 Å². The number of carboxylic acids is 6. The average Bonchev–Trinajstić information content (AvgIpc) is 1.14. The van der Waals surface area contributed by atoms with E-state index < -0.39 is 65.4 Å². The number of benzene rings is 6. The predicted molar refractivity (Wildman–Crippen MR) is 318 cm³/mol. The highest BCUT2D eigenvalue weighted by atomic mass is 16.6. The first-order valence-corrected chi connectivity index (χ1v) is 26.3. The second kappa shape index (κ2) is 53.7. The quantitative estimate of drug-likeness (QED) is 0.0242. The molecule has 0 aromatic heterocycles. The summed E-state index contributed by atoms with van der Waals surface area (Å²) in [5.41, 5.74) is 21.6. The minimum Gasteiger partial charge on any atom is -0.545 e. The highest BCUT2D eigenvalue weighted by Crippen LogP contribution is 2.15. The summed E-state index contributed by atoms with van der Waals surface area (Å²) in [6.45, 7) is 12.4. The van der Waals surface area contributed by atoms with Gasteiger partial charge in [0.2, 0.25) is 0 Å². The number of non-ortho nitro benzene ring substituents is 6. The van der Waals surface area contributed by atoms with E-state index in [0.29, 0.717) is 0 Å². The van der Waals surface area contributed by atoms with Crippen molar-refractivity contribution in [2.75, 3.05) is 78.5 Å². The number of carbonyl (C=O) groups excluding carboxylic acids is 6. The van der Waals surface area contributed by atoms with E-state index >= 15 is 0 Å². The van der Waals surface area contributed by atoms with Crippen molar-refractivity contribution in [3.8, 4) is 0 Å². The fourth-order valence-electron chi connectivity index (χ4n) is 6.33. The summed E-state index contributed by atoms with van der Waals surface area (Å²) in [5.74, 6) is -8.06. The van der Waals surface area contributed by atoms with Crippen molar-refractivity contribution in [2.45, 2.75) is 0 Å². The van der Waals surface area contributed by atoms with Crippen LogP contribution >= 0.6 is 0 Å². The van der Waals surface area contributed by atoms with Gasteiger partial charge >= 0.3 is 0 Å². The van der Waals surface area contributed by atoms with Crippen LogP contribution in [-0.4, -0.2) is 176 Å². The third-order valence-electron chi connectivity index (χ3n) is 10.7. The molecule has 6 aromatic carbocycles. The summed E-state index contributed by atoms with van der Waals surface area (Å²) in [4.78, 5) is 123. The molecule has 0 bridgehead atoms. The van der Waals surface area contributed by atoms with Gasteiger partial charge in [0.1, 0.15) is 0 Å². The van der Waals surface area contributed by atoms with Gasteiger partial charge in [-0.25, -0.2) is 0 Å². The fraction of sp³-hybridized carbons (Fsp3) is 0.222. The molecule has 0 atom stereocenters. The Morgan fingerprint density at radius 2 is 0.333 bits per heavy atom. The van der Waals surface area contributed by atoms with Gasteiger partial charge in [0, 0.05) is 112 Å². The summed E-state index contributed by atoms with van der Waals surface area (Å²) in [7, 11) is 0. The molecule has 0 aliphatic carbocycles. The van der Waals surface area contributed by atoms with Crippen LogP contribution in [0.5, 0.6) is 0 Å². The molecule has 0 heterocycles. The van der Waals surface area contributed by atoms with E-state index in [4.69, 9.17) is 0 Å². The maximum atomic E-state index is 10.2. The number of rotatable bonds is 24. The van der Waals surface area contributed by atoms with Crippen molar-refractivity contribution < 1.29 is 145 Å². The second-order valence-electron chi connectivity index (χ2n) is 17.4. The Kier molecular flexibility index (Phi) is 53.2. The minimum atomic E-state index is -1.34. The zero-order chi connectivity index (χ0) is 70.5. The van der Waals surface area contributed by atoms with Crippen LogP contribution < -0.4 is 65.0 Å². The average molecular weight is 1370 g/mol. The Hall–Kier alpha value is -11.9. The van der Waals surface area contributed by atoms with Gasteiger partial charge < -0.3 is 116 Å². The SMILES string of the molecule is O.O.O.O.O=C([O-])c1ccc([N+](=O)[O-])cc1.O=C([O-])c1ccc([N+](=O)[O-])cc1.O=C([O-])c1ccc([N+](=O)[O-])cc1.O=C([O-])c1ccc([N+](=O)[O-])cc1.O=C([O-])c1ccc([N+](=O)[O-])cc1.O=C([O-])c1ccc([N+](=O)[O-])cc1.[NH3+]CCN(CC[NH3+])CC[NH3+].[NH3+]CCN(CC[NH3+])CC[NH3+]. The maximum Gasteiger partial charge on any atom is 0.269 e. The van der Waals surface area contributed by atoms with Crippen molar-refractivity contribution in [1.29, 1.82) is 0 Å². The number of carboxylic acid groups (broad SMARTS) is 6. The third kappa shape index (κ3) is 41.4. The van der Waals surface area contributed by atoms with Crippen molar-refractivity contribution in [3.63, 3.8) is 0 Å². The largest absolute Gasteiger partial charge is 0.545 e. The van der Waals surface area contributed by atoms with Crippen molar-refractivity contribution in [2.24, 2.45) is 0 Å². The first-order valence-electron chi connectivity index (χ1n) is 26.3. The first kappa shape index (κ1) is 95.2. The van der Waals surface area contributed by atoms with Gasteiger partial charge in [-0.2, -0.15) is 0 Å². The van der Waals surface area contributed by atoms with E-state index in [1.54, 1.807) is 0 Å². The normalized spacial score (nSPS) is 9.25. The van der Waals surface area contributed by atoms with Crippen LogP contribution in [0, 0.1) is 60.7 Å². The predicted octanol–water partition coefficient (Wildman–Crippen LogP) is -11.5. The van der Waals surface area contributed by atoms with E-state index in [0.717, 1.165) is 224 Å². The molecule has 96 heavy (non-hydrogen) atoms. The van der Waals surface area contributed by atoms with Gasteiger partial charge in [-0.15, -0.1) is 0 Å². The molecule has 0 aliphatic rings. The first-order chi connectivity index (χ1) is 43.3. The lowest BCUT2D eigenvalue weighted by molar-refractivity contribution is -0.387. The van der Waals surface area contributed by atoms with Crippen LogP contribution in [0.15, 0.2) is 146 Å². The molecule has 42 heteroatoms. The number of hydrogen-bond acceptors (Lipinski definition) is 26. The molecular formula is C54H74N14O28. The van der Waals surface area contributed by atoms with Gasteiger partial charge in [-0.05, 0) is 106 Å². The van der Waals surface area contributed by atoms with Crippen molar-refractivity contribution in [1.82, 2.24) is 9.80 Å². The van der Waals surface area contributed by atoms with Crippen molar-refractivity contribution >= 4 is 69.9 Å². The van der Waals surface area contributed by atoms with Crippen LogP contribution in [0.1, 0.15) is 62.1 Å². The lowest BCUT2D eigenvalue weighted by Crippen LogP contribution is -2.61. The Morgan fingerprint density at radius 3 is 0.396 bits per heavy atom. The lowest BCUT2D eigenvalue weighted by atomic mass is 10.2. The van der Waals surface area contributed by atoms with Crippen LogP contribution in [-0.2, 0) is 0 Å². The van der Waals surface area contributed by atoms with Gasteiger partial charge in [0.15, 0.2) is 0 Å². The third-order valence-corrected chi connectivity index (χ3v) is 10.7. The monoisotopic (exact) mass is 1370 g/mol. The molecule has 0 radical (unpaired) electrons. The molecule has 0 unspecified atom stereocenters. The molecule has 0 saturated carbocycles. The molecule has 0 aliphatic heterocycles. The molecular weight excluding hydrogens is 1290 g/mol. The Morgan fingerprint density at radius 1 is 0.240 bits per heavy atom.